The maximum absolute atomic E-state index is 10.4. The van der Waals surface area contributed by atoms with Crippen LogP contribution in [0.2, 0.25) is 0 Å². The second-order valence-electron chi connectivity index (χ2n) is 7.14. The molecule has 0 aromatic heterocycles. The Labute approximate surface area is 114 Å². The van der Waals surface area contributed by atoms with Crippen molar-refractivity contribution in [2.75, 3.05) is 6.54 Å². The fourth-order valence-electron chi connectivity index (χ4n) is 3.28. The van der Waals surface area contributed by atoms with Crippen LogP contribution in [0.15, 0.2) is 0 Å². The van der Waals surface area contributed by atoms with Crippen molar-refractivity contribution in [1.82, 2.24) is 4.90 Å². The quantitative estimate of drug-likeness (QED) is 0.812. The largest absolute Gasteiger partial charge is 0.391 e. The molecule has 18 heavy (non-hydrogen) atoms. The number of rotatable bonds is 5. The Morgan fingerprint density at radius 1 is 1.06 bits per heavy atom. The Bertz CT molecular complexity index is 237. The fraction of sp³-hybridized carbons (Fsp3) is 1.00. The molecule has 1 fully saturated rings. The van der Waals surface area contributed by atoms with Crippen molar-refractivity contribution < 1.29 is 5.11 Å². The highest BCUT2D eigenvalue weighted by atomic mass is 16.3. The molecule has 2 nitrogen and oxygen atoms in total. The van der Waals surface area contributed by atoms with E-state index in [0.717, 1.165) is 24.8 Å². The van der Waals surface area contributed by atoms with Crippen LogP contribution < -0.4 is 0 Å². The molecule has 0 aromatic rings. The van der Waals surface area contributed by atoms with E-state index >= 15 is 0 Å². The summed E-state index contributed by atoms with van der Waals surface area (Å²) in [6, 6.07) is 0.895. The van der Waals surface area contributed by atoms with Crippen molar-refractivity contribution in [1.29, 1.82) is 0 Å². The van der Waals surface area contributed by atoms with Crippen LogP contribution in [0.3, 0.4) is 0 Å². The van der Waals surface area contributed by atoms with E-state index in [1.54, 1.807) is 0 Å². The molecule has 0 spiro atoms. The van der Waals surface area contributed by atoms with Gasteiger partial charge >= 0.3 is 0 Å². The lowest BCUT2D eigenvalue weighted by atomic mass is 9.77. The average Bonchev–Trinajstić information content (AvgIpc) is 2.26. The fourth-order valence-corrected chi connectivity index (χ4v) is 3.28. The second-order valence-corrected chi connectivity index (χ2v) is 7.14. The summed E-state index contributed by atoms with van der Waals surface area (Å²) >= 11 is 0. The molecule has 1 saturated carbocycles. The minimum absolute atomic E-state index is 0.124. The van der Waals surface area contributed by atoms with Crippen LogP contribution in [0.25, 0.3) is 0 Å². The lowest BCUT2D eigenvalue weighted by molar-refractivity contribution is -0.0219. The van der Waals surface area contributed by atoms with E-state index in [-0.39, 0.29) is 6.10 Å². The molecule has 1 rings (SSSR count). The summed E-state index contributed by atoms with van der Waals surface area (Å²) in [4.78, 5) is 2.53. The summed E-state index contributed by atoms with van der Waals surface area (Å²) in [6.07, 6.45) is 3.22. The van der Waals surface area contributed by atoms with Gasteiger partial charge in [-0.05, 0) is 50.9 Å². The summed E-state index contributed by atoms with van der Waals surface area (Å²) in [5.74, 6) is 2.19. The first kappa shape index (κ1) is 16.0. The van der Waals surface area contributed by atoms with E-state index in [1.807, 2.05) is 0 Å². The van der Waals surface area contributed by atoms with Gasteiger partial charge in [0.2, 0.25) is 0 Å². The van der Waals surface area contributed by atoms with E-state index in [1.165, 1.54) is 12.8 Å². The van der Waals surface area contributed by atoms with Crippen LogP contribution in [-0.4, -0.2) is 34.7 Å². The zero-order chi connectivity index (χ0) is 13.9. The Morgan fingerprint density at radius 2 is 1.67 bits per heavy atom. The van der Waals surface area contributed by atoms with Gasteiger partial charge in [0.25, 0.3) is 0 Å². The van der Waals surface area contributed by atoms with Gasteiger partial charge in [0.1, 0.15) is 0 Å². The molecule has 1 aliphatic carbocycles. The summed E-state index contributed by atoms with van der Waals surface area (Å²) in [6.45, 7) is 14.8. The maximum Gasteiger partial charge on any atom is 0.0695 e. The van der Waals surface area contributed by atoms with Crippen LogP contribution in [0.1, 0.15) is 60.8 Å². The Balaban J connectivity index is 2.74. The molecular weight excluding hydrogens is 222 g/mol. The van der Waals surface area contributed by atoms with Gasteiger partial charge < -0.3 is 5.11 Å². The van der Waals surface area contributed by atoms with Crippen molar-refractivity contribution in [3.8, 4) is 0 Å². The second kappa shape index (κ2) is 6.91. The Morgan fingerprint density at radius 3 is 2.11 bits per heavy atom. The summed E-state index contributed by atoms with van der Waals surface area (Å²) < 4.78 is 0. The van der Waals surface area contributed by atoms with E-state index in [0.29, 0.717) is 18.0 Å². The first-order valence-corrected chi connectivity index (χ1v) is 7.76. The lowest BCUT2D eigenvalue weighted by Crippen LogP contribution is -2.51. The summed E-state index contributed by atoms with van der Waals surface area (Å²) in [5.41, 5.74) is 0. The smallest absolute Gasteiger partial charge is 0.0695 e. The van der Waals surface area contributed by atoms with Gasteiger partial charge in [-0.3, -0.25) is 4.90 Å². The minimum atomic E-state index is -0.124. The highest BCUT2D eigenvalue weighted by Gasteiger charge is 2.35. The van der Waals surface area contributed by atoms with Gasteiger partial charge in [-0.2, -0.15) is 0 Å². The number of aliphatic hydroxyl groups is 1. The summed E-state index contributed by atoms with van der Waals surface area (Å²) in [5, 5.41) is 10.4. The molecule has 0 aliphatic heterocycles. The van der Waals surface area contributed by atoms with Crippen LogP contribution in [0, 0.1) is 17.8 Å². The number of aliphatic hydroxyl groups excluding tert-OH is 1. The lowest BCUT2D eigenvalue weighted by Gasteiger charge is -2.44. The van der Waals surface area contributed by atoms with Crippen LogP contribution in [-0.2, 0) is 0 Å². The topological polar surface area (TPSA) is 23.5 Å². The average molecular weight is 255 g/mol. The van der Waals surface area contributed by atoms with E-state index in [9.17, 15) is 5.11 Å². The molecule has 108 valence electrons. The molecule has 1 N–H and O–H groups in total. The normalized spacial score (nSPS) is 29.8. The molecule has 0 amide bonds. The van der Waals surface area contributed by atoms with Crippen molar-refractivity contribution in [3.05, 3.63) is 0 Å². The Kier molecular flexibility index (Phi) is 6.13. The van der Waals surface area contributed by atoms with Gasteiger partial charge in [-0.25, -0.2) is 0 Å². The van der Waals surface area contributed by atoms with Gasteiger partial charge in [0.05, 0.1) is 6.10 Å². The zero-order valence-corrected chi connectivity index (χ0v) is 13.2. The first-order chi connectivity index (χ1) is 8.32. The molecule has 2 heteroatoms. The van der Waals surface area contributed by atoms with E-state index in [2.05, 4.69) is 46.4 Å². The van der Waals surface area contributed by atoms with Crippen molar-refractivity contribution in [2.45, 2.75) is 79.0 Å². The standard InChI is InChI=1S/C16H33NO/c1-11(2)10-17(13(5)6)15-9-14(12(3)4)7-8-16(15)18/h11-16,18H,7-10H2,1-6H3. The monoisotopic (exact) mass is 255 g/mol. The zero-order valence-electron chi connectivity index (χ0n) is 13.2. The van der Waals surface area contributed by atoms with Crippen molar-refractivity contribution >= 4 is 0 Å². The molecule has 0 heterocycles. The highest BCUT2D eigenvalue weighted by molar-refractivity contribution is 4.89. The van der Waals surface area contributed by atoms with Gasteiger partial charge in [-0.15, -0.1) is 0 Å². The summed E-state index contributed by atoms with van der Waals surface area (Å²) in [7, 11) is 0. The van der Waals surface area contributed by atoms with Gasteiger partial charge in [0.15, 0.2) is 0 Å². The third-order valence-electron chi connectivity index (χ3n) is 4.43. The highest BCUT2D eigenvalue weighted by Crippen LogP contribution is 2.33. The number of hydrogen-bond acceptors (Lipinski definition) is 2. The SMILES string of the molecule is CC(C)CN(C(C)C)C1CC(C(C)C)CCC1O. The molecule has 1 aliphatic rings. The first-order valence-electron chi connectivity index (χ1n) is 7.76. The van der Waals surface area contributed by atoms with Crippen LogP contribution in [0.5, 0.6) is 0 Å². The van der Waals surface area contributed by atoms with E-state index in [4.69, 9.17) is 0 Å². The molecule has 3 unspecified atom stereocenters. The van der Waals surface area contributed by atoms with Crippen molar-refractivity contribution in [2.24, 2.45) is 17.8 Å². The minimum Gasteiger partial charge on any atom is -0.391 e. The third-order valence-corrected chi connectivity index (χ3v) is 4.43. The molecule has 0 bridgehead atoms. The molecule has 0 saturated heterocycles. The van der Waals surface area contributed by atoms with Crippen LogP contribution >= 0.6 is 0 Å². The predicted octanol–water partition coefficient (Wildman–Crippen LogP) is 3.54. The van der Waals surface area contributed by atoms with E-state index < -0.39 is 0 Å². The molecule has 0 aromatic carbocycles. The van der Waals surface area contributed by atoms with Crippen LogP contribution in [0.4, 0.5) is 0 Å². The number of hydrogen-bond donors (Lipinski definition) is 1. The van der Waals surface area contributed by atoms with Gasteiger partial charge in [-0.1, -0.05) is 27.7 Å². The maximum atomic E-state index is 10.4. The third kappa shape index (κ3) is 4.24. The molecular formula is C16H33NO. The number of nitrogens with zero attached hydrogens (tertiary/aromatic N) is 1. The van der Waals surface area contributed by atoms with Gasteiger partial charge in [0, 0.05) is 18.6 Å². The van der Waals surface area contributed by atoms with Crippen molar-refractivity contribution in [3.63, 3.8) is 0 Å². The molecule has 3 atom stereocenters. The molecule has 0 radical (unpaired) electrons. The predicted molar refractivity (Wildman–Crippen MR) is 78.7 cm³/mol. The Hall–Kier alpha value is -0.0800.